The predicted molar refractivity (Wildman–Crippen MR) is 105 cm³/mol. The molecule has 4 nitrogen and oxygen atoms in total. The fourth-order valence-electron chi connectivity index (χ4n) is 2.66. The van der Waals surface area contributed by atoms with Crippen LogP contribution in [0.15, 0.2) is 71.5 Å². The molecule has 1 amide bonds. The van der Waals surface area contributed by atoms with Gasteiger partial charge in [0, 0.05) is 34.2 Å². The number of pyridine rings is 1. The molecule has 0 radical (unpaired) electrons. The third-order valence-electron chi connectivity index (χ3n) is 3.81. The van der Waals surface area contributed by atoms with E-state index in [1.54, 1.807) is 36.7 Å². The lowest BCUT2D eigenvalue weighted by atomic mass is 10.2. The summed E-state index contributed by atoms with van der Waals surface area (Å²) >= 11 is 3.34. The summed E-state index contributed by atoms with van der Waals surface area (Å²) in [5.41, 5.74) is 2.38. The predicted octanol–water partition coefficient (Wildman–Crippen LogP) is 5.39. The van der Waals surface area contributed by atoms with Crippen molar-refractivity contribution in [3.05, 3.63) is 82.8 Å². The van der Waals surface area contributed by atoms with Crippen molar-refractivity contribution in [2.24, 2.45) is 0 Å². The lowest BCUT2D eigenvalue weighted by Crippen LogP contribution is -2.17. The molecule has 0 aliphatic carbocycles. The van der Waals surface area contributed by atoms with E-state index < -0.39 is 5.82 Å². The monoisotopic (exact) mass is 413 g/mol. The summed E-state index contributed by atoms with van der Waals surface area (Å²) in [5.74, 6) is -0.721. The number of halogens is 2. The van der Waals surface area contributed by atoms with Gasteiger partial charge < -0.3 is 10.2 Å². The number of carbonyl (C=O) groups is 1. The molecule has 1 N–H and O–H groups in total. The molecule has 26 heavy (non-hydrogen) atoms. The second kappa shape index (κ2) is 8.10. The molecule has 6 heteroatoms. The first-order chi connectivity index (χ1) is 12.6. The number of nitrogens with one attached hydrogen (secondary N) is 1. The highest BCUT2D eigenvalue weighted by Crippen LogP contribution is 2.28. The summed E-state index contributed by atoms with van der Waals surface area (Å²) < 4.78 is 15.0. The van der Waals surface area contributed by atoms with Crippen LogP contribution in [0.3, 0.4) is 0 Å². The van der Waals surface area contributed by atoms with Gasteiger partial charge in [-0.2, -0.15) is 0 Å². The first kappa shape index (κ1) is 18.1. The summed E-state index contributed by atoms with van der Waals surface area (Å²) in [6.07, 6.45) is 3.40. The molecule has 0 bridgehead atoms. The third-order valence-corrected chi connectivity index (χ3v) is 4.31. The van der Waals surface area contributed by atoms with Crippen LogP contribution in [-0.4, -0.2) is 17.4 Å². The number of hydrogen-bond donors (Lipinski definition) is 1. The first-order valence-corrected chi connectivity index (χ1v) is 8.91. The van der Waals surface area contributed by atoms with Crippen molar-refractivity contribution in [1.82, 2.24) is 4.98 Å². The van der Waals surface area contributed by atoms with Crippen molar-refractivity contribution in [3.8, 4) is 0 Å². The Hall–Kier alpha value is -2.73. The normalized spacial score (nSPS) is 10.4. The Morgan fingerprint density at radius 3 is 2.69 bits per heavy atom. The maximum Gasteiger partial charge on any atom is 0.255 e. The first-order valence-electron chi connectivity index (χ1n) is 8.12. The molecule has 0 atom stereocenters. The van der Waals surface area contributed by atoms with E-state index in [9.17, 15) is 9.18 Å². The number of anilines is 3. The number of hydrogen-bond acceptors (Lipinski definition) is 3. The average molecular weight is 414 g/mol. The molecule has 1 aromatic heterocycles. The molecule has 1 heterocycles. The van der Waals surface area contributed by atoms with Crippen molar-refractivity contribution < 1.29 is 9.18 Å². The molecular formula is C20H17BrFN3O. The quantitative estimate of drug-likeness (QED) is 0.609. The van der Waals surface area contributed by atoms with Crippen molar-refractivity contribution in [2.75, 3.05) is 16.8 Å². The van der Waals surface area contributed by atoms with Gasteiger partial charge in [0.05, 0.1) is 11.9 Å². The molecule has 0 aliphatic heterocycles. The molecule has 0 aliphatic rings. The van der Waals surface area contributed by atoms with Gasteiger partial charge in [0.25, 0.3) is 5.91 Å². The Bertz CT molecular complexity index is 918. The smallest absolute Gasteiger partial charge is 0.255 e. The highest BCUT2D eigenvalue weighted by atomic mass is 79.9. The summed E-state index contributed by atoms with van der Waals surface area (Å²) in [6.45, 7) is 2.60. The minimum atomic E-state index is -0.422. The fraction of sp³-hybridized carbons (Fsp3) is 0.100. The van der Waals surface area contributed by atoms with Crippen molar-refractivity contribution in [3.63, 3.8) is 0 Å². The number of carbonyl (C=O) groups excluding carboxylic acids is 1. The van der Waals surface area contributed by atoms with Crippen LogP contribution in [0, 0.1) is 5.82 Å². The summed E-state index contributed by atoms with van der Waals surface area (Å²) in [7, 11) is 0. The van der Waals surface area contributed by atoms with E-state index in [1.165, 1.54) is 12.1 Å². The Balaban J connectivity index is 1.89. The molecule has 0 saturated heterocycles. The zero-order valence-corrected chi connectivity index (χ0v) is 15.7. The second-order valence-corrected chi connectivity index (χ2v) is 6.53. The van der Waals surface area contributed by atoms with Gasteiger partial charge in [0.2, 0.25) is 0 Å². The number of rotatable bonds is 5. The van der Waals surface area contributed by atoms with Gasteiger partial charge in [-0.1, -0.05) is 22.0 Å². The fourth-order valence-corrected chi connectivity index (χ4v) is 3.06. The highest BCUT2D eigenvalue weighted by Gasteiger charge is 2.12. The summed E-state index contributed by atoms with van der Waals surface area (Å²) in [6, 6.07) is 15.2. The van der Waals surface area contributed by atoms with Crippen LogP contribution in [0.1, 0.15) is 17.3 Å². The standard InChI is InChI=1S/C20H17BrFN3O/c1-2-25(18-7-4-8-23-13-18)19-11-16(22)10-17(12-19)24-20(26)14-5-3-6-15(21)9-14/h3-13H,2H2,1H3,(H,24,26). The van der Waals surface area contributed by atoms with Gasteiger partial charge >= 0.3 is 0 Å². The Morgan fingerprint density at radius 1 is 1.15 bits per heavy atom. The molecule has 3 rings (SSSR count). The van der Waals surface area contributed by atoms with E-state index in [1.807, 2.05) is 30.0 Å². The molecule has 3 aromatic rings. The van der Waals surface area contributed by atoms with Crippen LogP contribution < -0.4 is 10.2 Å². The molecule has 0 unspecified atom stereocenters. The molecule has 0 fully saturated rings. The van der Waals surface area contributed by atoms with E-state index in [4.69, 9.17) is 0 Å². The van der Waals surface area contributed by atoms with Crippen LogP contribution in [-0.2, 0) is 0 Å². The maximum absolute atomic E-state index is 14.2. The minimum Gasteiger partial charge on any atom is -0.340 e. The van der Waals surface area contributed by atoms with Crippen LogP contribution in [0.25, 0.3) is 0 Å². The Labute approximate surface area is 159 Å². The zero-order chi connectivity index (χ0) is 18.5. The van der Waals surface area contributed by atoms with Crippen LogP contribution in [0.5, 0.6) is 0 Å². The van der Waals surface area contributed by atoms with Crippen molar-refractivity contribution in [2.45, 2.75) is 6.92 Å². The van der Waals surface area contributed by atoms with E-state index in [0.29, 0.717) is 23.5 Å². The van der Waals surface area contributed by atoms with E-state index >= 15 is 0 Å². The van der Waals surface area contributed by atoms with Crippen molar-refractivity contribution in [1.29, 1.82) is 0 Å². The lowest BCUT2D eigenvalue weighted by molar-refractivity contribution is 0.102. The Kier molecular flexibility index (Phi) is 5.63. The minimum absolute atomic E-state index is 0.299. The van der Waals surface area contributed by atoms with Gasteiger partial charge in [-0.25, -0.2) is 4.39 Å². The molecule has 0 spiro atoms. The van der Waals surface area contributed by atoms with Gasteiger partial charge in [-0.3, -0.25) is 9.78 Å². The maximum atomic E-state index is 14.2. The summed E-state index contributed by atoms with van der Waals surface area (Å²) in [4.78, 5) is 18.5. The molecule has 2 aromatic carbocycles. The largest absolute Gasteiger partial charge is 0.340 e. The summed E-state index contributed by atoms with van der Waals surface area (Å²) in [5, 5.41) is 2.76. The van der Waals surface area contributed by atoms with Crippen molar-refractivity contribution >= 4 is 38.9 Å². The van der Waals surface area contributed by atoms with E-state index in [-0.39, 0.29) is 5.91 Å². The Morgan fingerprint density at radius 2 is 2.00 bits per heavy atom. The topological polar surface area (TPSA) is 45.2 Å². The van der Waals surface area contributed by atoms with E-state index in [0.717, 1.165) is 10.2 Å². The molecular weight excluding hydrogens is 397 g/mol. The lowest BCUT2D eigenvalue weighted by Gasteiger charge is -2.23. The van der Waals surface area contributed by atoms with Crippen LogP contribution >= 0.6 is 15.9 Å². The van der Waals surface area contributed by atoms with Gasteiger partial charge in [-0.05, 0) is 55.5 Å². The molecule has 0 saturated carbocycles. The van der Waals surface area contributed by atoms with Crippen LogP contribution in [0.2, 0.25) is 0 Å². The average Bonchev–Trinajstić information content (AvgIpc) is 2.63. The number of nitrogens with zero attached hydrogens (tertiary/aromatic N) is 2. The van der Waals surface area contributed by atoms with E-state index in [2.05, 4.69) is 26.2 Å². The van der Waals surface area contributed by atoms with Crippen LogP contribution in [0.4, 0.5) is 21.5 Å². The number of benzene rings is 2. The van der Waals surface area contributed by atoms with Gasteiger partial charge in [-0.15, -0.1) is 0 Å². The number of aromatic nitrogens is 1. The SMILES string of the molecule is CCN(c1cccnc1)c1cc(F)cc(NC(=O)c2cccc(Br)c2)c1. The van der Waals surface area contributed by atoms with Gasteiger partial charge in [0.15, 0.2) is 0 Å². The number of amides is 1. The second-order valence-electron chi connectivity index (χ2n) is 5.62. The van der Waals surface area contributed by atoms with Gasteiger partial charge in [0.1, 0.15) is 5.82 Å². The zero-order valence-electron chi connectivity index (χ0n) is 14.1. The highest BCUT2D eigenvalue weighted by molar-refractivity contribution is 9.10. The molecule has 132 valence electrons. The third kappa shape index (κ3) is 4.26.